The largest absolute Gasteiger partial charge is 0.444 e. The maximum Gasteiger partial charge on any atom is 0.343 e. The number of hydrogen-bond acceptors (Lipinski definition) is 4. The van der Waals surface area contributed by atoms with Gasteiger partial charge >= 0.3 is 5.97 Å². The molecule has 1 atom stereocenters. The molecule has 2 aromatic carbocycles. The molecule has 3 rings (SSSR count). The lowest BCUT2D eigenvalue weighted by Crippen LogP contribution is -2.31. The zero-order valence-electron chi connectivity index (χ0n) is 16.4. The minimum absolute atomic E-state index is 0.301. The number of carbonyl (C=O) groups is 2. The number of likely N-dealkylation sites (N-methyl/N-ethyl adjacent to an activating group) is 1. The van der Waals surface area contributed by atoms with Gasteiger partial charge in [-0.3, -0.25) is 4.79 Å². The van der Waals surface area contributed by atoms with Crippen molar-refractivity contribution in [3.05, 3.63) is 83.2 Å². The van der Waals surface area contributed by atoms with Crippen LogP contribution in [0.5, 0.6) is 0 Å². The van der Waals surface area contributed by atoms with Crippen LogP contribution in [0.25, 0.3) is 5.69 Å². The third-order valence-corrected chi connectivity index (χ3v) is 4.49. The van der Waals surface area contributed by atoms with Crippen molar-refractivity contribution in [2.75, 3.05) is 14.1 Å². The third kappa shape index (κ3) is 3.81. The Morgan fingerprint density at radius 1 is 0.964 bits per heavy atom. The smallest absolute Gasteiger partial charge is 0.343 e. The predicted octanol–water partition coefficient (Wildman–Crippen LogP) is 3.48. The van der Waals surface area contributed by atoms with Crippen LogP contribution in [0.2, 0.25) is 0 Å². The van der Waals surface area contributed by atoms with E-state index >= 15 is 0 Å². The Kier molecular flexibility index (Phi) is 5.59. The second-order valence-electron chi connectivity index (χ2n) is 6.72. The number of amides is 1. The van der Waals surface area contributed by atoms with E-state index in [-0.39, 0.29) is 5.91 Å². The van der Waals surface area contributed by atoms with Crippen molar-refractivity contribution >= 4 is 11.9 Å². The van der Waals surface area contributed by atoms with Crippen LogP contribution in [0.4, 0.5) is 0 Å². The van der Waals surface area contributed by atoms with Gasteiger partial charge in [-0.15, -0.1) is 0 Å². The summed E-state index contributed by atoms with van der Waals surface area (Å²) in [5.74, 6) is -0.869. The molecule has 0 fully saturated rings. The van der Waals surface area contributed by atoms with E-state index in [1.807, 2.05) is 55.5 Å². The number of rotatable bonds is 5. The Labute approximate surface area is 164 Å². The summed E-state index contributed by atoms with van der Waals surface area (Å²) in [4.78, 5) is 27.0. The van der Waals surface area contributed by atoms with E-state index in [4.69, 9.17) is 4.74 Å². The Hall–Kier alpha value is -3.41. The van der Waals surface area contributed by atoms with Gasteiger partial charge in [-0.1, -0.05) is 48.5 Å². The van der Waals surface area contributed by atoms with Gasteiger partial charge in [-0.2, -0.15) is 5.10 Å². The van der Waals surface area contributed by atoms with Gasteiger partial charge < -0.3 is 9.64 Å². The summed E-state index contributed by atoms with van der Waals surface area (Å²) in [5.41, 5.74) is 3.07. The van der Waals surface area contributed by atoms with Crippen LogP contribution in [0, 0.1) is 13.8 Å². The van der Waals surface area contributed by atoms with Crippen molar-refractivity contribution in [2.45, 2.75) is 20.0 Å². The summed E-state index contributed by atoms with van der Waals surface area (Å²) in [6.07, 6.45) is -1.01. The lowest BCUT2D eigenvalue weighted by Gasteiger charge is -2.21. The molecular formula is C22H23N3O3. The highest BCUT2D eigenvalue weighted by Crippen LogP contribution is 2.24. The average Bonchev–Trinajstić information content (AvgIpc) is 3.01. The van der Waals surface area contributed by atoms with Crippen LogP contribution in [-0.4, -0.2) is 40.7 Å². The summed E-state index contributed by atoms with van der Waals surface area (Å²) < 4.78 is 7.38. The zero-order valence-corrected chi connectivity index (χ0v) is 16.4. The molecule has 0 aliphatic rings. The van der Waals surface area contributed by atoms with E-state index in [9.17, 15) is 9.59 Å². The molecule has 0 aliphatic carbocycles. The molecule has 28 heavy (non-hydrogen) atoms. The van der Waals surface area contributed by atoms with Crippen molar-refractivity contribution in [2.24, 2.45) is 0 Å². The summed E-state index contributed by atoms with van der Waals surface area (Å²) in [7, 11) is 3.27. The van der Waals surface area contributed by atoms with Crippen molar-refractivity contribution in [1.29, 1.82) is 0 Å². The first-order valence-electron chi connectivity index (χ1n) is 8.99. The Morgan fingerprint density at radius 3 is 2.11 bits per heavy atom. The topological polar surface area (TPSA) is 64.4 Å². The number of aryl methyl sites for hydroxylation is 1. The van der Waals surface area contributed by atoms with Crippen LogP contribution in [0.1, 0.15) is 33.4 Å². The molecule has 0 N–H and O–H groups in total. The van der Waals surface area contributed by atoms with E-state index in [0.29, 0.717) is 22.5 Å². The fourth-order valence-corrected chi connectivity index (χ4v) is 3.05. The van der Waals surface area contributed by atoms with Gasteiger partial charge in [0.05, 0.1) is 17.1 Å². The highest BCUT2D eigenvalue weighted by Gasteiger charge is 2.29. The standard InChI is InChI=1S/C22H23N3O3/c1-15-19(16(2)25(23-15)18-13-9-6-10-14-18)22(27)28-20(21(26)24(3)4)17-11-7-5-8-12-17/h5-14,20H,1-4H3. The normalized spacial score (nSPS) is 11.7. The van der Waals surface area contributed by atoms with Gasteiger partial charge in [0.1, 0.15) is 5.56 Å². The molecule has 0 radical (unpaired) electrons. The molecule has 6 nitrogen and oxygen atoms in total. The quantitative estimate of drug-likeness (QED) is 0.639. The summed E-state index contributed by atoms with van der Waals surface area (Å²) in [6, 6.07) is 18.6. The summed E-state index contributed by atoms with van der Waals surface area (Å²) in [6.45, 7) is 3.57. The van der Waals surface area contributed by atoms with Crippen LogP contribution in [0.3, 0.4) is 0 Å². The molecular weight excluding hydrogens is 354 g/mol. The summed E-state index contributed by atoms with van der Waals surface area (Å²) in [5, 5.41) is 4.48. The zero-order chi connectivity index (χ0) is 20.3. The minimum Gasteiger partial charge on any atom is -0.444 e. The second-order valence-corrected chi connectivity index (χ2v) is 6.72. The molecule has 0 bridgehead atoms. The number of aromatic nitrogens is 2. The fraction of sp³-hybridized carbons (Fsp3) is 0.227. The molecule has 0 saturated heterocycles. The molecule has 0 aliphatic heterocycles. The summed E-state index contributed by atoms with van der Waals surface area (Å²) >= 11 is 0. The first kappa shape index (κ1) is 19.4. The number of carbonyl (C=O) groups excluding carboxylic acids is 2. The molecule has 0 spiro atoms. The maximum atomic E-state index is 13.0. The molecule has 1 aromatic heterocycles. The minimum atomic E-state index is -1.01. The number of hydrogen-bond donors (Lipinski definition) is 0. The van der Waals surface area contributed by atoms with Crippen LogP contribution >= 0.6 is 0 Å². The first-order valence-corrected chi connectivity index (χ1v) is 8.99. The van der Waals surface area contributed by atoms with E-state index in [0.717, 1.165) is 5.69 Å². The molecule has 1 amide bonds. The molecule has 1 heterocycles. The Balaban J connectivity index is 1.95. The molecule has 3 aromatic rings. The van der Waals surface area contributed by atoms with Crippen LogP contribution < -0.4 is 0 Å². The highest BCUT2D eigenvalue weighted by molar-refractivity contribution is 5.94. The SMILES string of the molecule is Cc1nn(-c2ccccc2)c(C)c1C(=O)OC(C(=O)N(C)C)c1ccccc1. The van der Waals surface area contributed by atoms with Crippen LogP contribution in [-0.2, 0) is 9.53 Å². The number of para-hydroxylation sites is 1. The van der Waals surface area contributed by atoms with Gasteiger partial charge in [-0.05, 0) is 26.0 Å². The fourth-order valence-electron chi connectivity index (χ4n) is 3.05. The van der Waals surface area contributed by atoms with Crippen molar-refractivity contribution < 1.29 is 14.3 Å². The van der Waals surface area contributed by atoms with Gasteiger partial charge in [-0.25, -0.2) is 9.48 Å². The lowest BCUT2D eigenvalue weighted by molar-refractivity contribution is -0.138. The lowest BCUT2D eigenvalue weighted by atomic mass is 10.1. The van der Waals surface area contributed by atoms with Gasteiger partial charge in [0.25, 0.3) is 5.91 Å². The third-order valence-electron chi connectivity index (χ3n) is 4.49. The Bertz CT molecular complexity index is 979. The van der Waals surface area contributed by atoms with E-state index < -0.39 is 12.1 Å². The molecule has 144 valence electrons. The molecule has 6 heteroatoms. The first-order chi connectivity index (χ1) is 13.4. The number of ether oxygens (including phenoxy) is 1. The Morgan fingerprint density at radius 2 is 1.54 bits per heavy atom. The van der Waals surface area contributed by atoms with Gasteiger partial charge in [0.15, 0.2) is 0 Å². The van der Waals surface area contributed by atoms with E-state index in [2.05, 4.69) is 5.10 Å². The second kappa shape index (κ2) is 8.08. The average molecular weight is 377 g/mol. The highest BCUT2D eigenvalue weighted by atomic mass is 16.5. The van der Waals surface area contributed by atoms with Crippen molar-refractivity contribution in [3.8, 4) is 5.69 Å². The number of nitrogens with zero attached hydrogens (tertiary/aromatic N) is 3. The van der Waals surface area contributed by atoms with Gasteiger partial charge in [0, 0.05) is 19.7 Å². The van der Waals surface area contributed by atoms with Crippen molar-refractivity contribution in [3.63, 3.8) is 0 Å². The number of benzene rings is 2. The van der Waals surface area contributed by atoms with Crippen LogP contribution in [0.15, 0.2) is 60.7 Å². The van der Waals surface area contributed by atoms with E-state index in [1.54, 1.807) is 37.8 Å². The monoisotopic (exact) mass is 377 g/mol. The maximum absolute atomic E-state index is 13.0. The predicted molar refractivity (Wildman–Crippen MR) is 106 cm³/mol. The van der Waals surface area contributed by atoms with Gasteiger partial charge in [0.2, 0.25) is 6.10 Å². The molecule has 0 saturated carbocycles. The number of esters is 1. The van der Waals surface area contributed by atoms with E-state index in [1.165, 1.54) is 4.90 Å². The molecule has 1 unspecified atom stereocenters. The van der Waals surface area contributed by atoms with Crippen molar-refractivity contribution in [1.82, 2.24) is 14.7 Å².